The second-order valence-corrected chi connectivity index (χ2v) is 16.9. The Morgan fingerprint density at radius 3 is 1.32 bits per heavy atom. The Kier molecular flexibility index (Phi) is 8.92. The van der Waals surface area contributed by atoms with Gasteiger partial charge in [-0.1, -0.05) is 200 Å². The third-order valence-electron chi connectivity index (χ3n) is 13.1. The molecule has 13 rings (SSSR count). The van der Waals surface area contributed by atoms with E-state index in [4.69, 9.17) is 19.6 Å². The topological polar surface area (TPSA) is 47.9 Å². The summed E-state index contributed by atoms with van der Waals surface area (Å²) >= 11 is 0. The monoisotopic (exact) mass is 838 g/mol. The summed E-state index contributed by atoms with van der Waals surface area (Å²) in [6.07, 6.45) is 0. The van der Waals surface area contributed by atoms with Crippen molar-refractivity contribution in [3.63, 3.8) is 0 Å². The van der Waals surface area contributed by atoms with E-state index in [0.29, 0.717) is 17.5 Å². The van der Waals surface area contributed by atoms with Crippen LogP contribution in [0.1, 0.15) is 0 Å². The van der Waals surface area contributed by atoms with E-state index >= 15 is 0 Å². The maximum absolute atomic E-state index is 6.51. The maximum Gasteiger partial charge on any atom is 0.408 e. The molecule has 305 valence electrons. The molecule has 0 fully saturated rings. The summed E-state index contributed by atoms with van der Waals surface area (Å²) < 4.78 is 6.51. The van der Waals surface area contributed by atoms with Crippen LogP contribution in [-0.2, 0) is 0 Å². The summed E-state index contributed by atoms with van der Waals surface area (Å²) in [5.74, 6) is 2.68. The predicted octanol–water partition coefficient (Wildman–Crippen LogP) is 14.9. The van der Waals surface area contributed by atoms with Gasteiger partial charge in [-0.2, -0.15) is 0 Å². The summed E-state index contributed by atoms with van der Waals surface area (Å²) in [5, 5.41) is 16.8. The Morgan fingerprint density at radius 1 is 0.288 bits per heavy atom. The molecule has 0 aliphatic carbocycles. The van der Waals surface area contributed by atoms with Crippen LogP contribution in [0.25, 0.3) is 121 Å². The lowest BCUT2D eigenvalue weighted by Gasteiger charge is -2.17. The number of fused-ring (bicyclic) bond motifs is 13. The summed E-state index contributed by atoms with van der Waals surface area (Å²) in [6, 6.07) is 79.3. The lowest BCUT2D eigenvalue weighted by Crippen LogP contribution is -2.20. The number of hydrogen-bond donors (Lipinski definition) is 0. The zero-order chi connectivity index (χ0) is 43.6. The van der Waals surface area contributed by atoms with Gasteiger partial charge in [0, 0.05) is 22.3 Å². The maximum atomic E-state index is 6.51. The van der Waals surface area contributed by atoms with E-state index in [0.717, 1.165) is 55.2 Å². The van der Waals surface area contributed by atoms with Crippen LogP contribution in [0.3, 0.4) is 0 Å². The standard InChI is InChI=1S/C61H37BN3O/c1-3-16-39(17-4-1)59-63-60(40-18-5-2-6-19-40)65-61(64-59)54-32-27-38-15-7-8-20-44(38)58(54)41-28-31-51-53-34-30-43(37-57(53)50-26-14-13-25-49(50)55(51)35-41)66-62-42-29-33-52-47-23-10-9-21-45(47)46-22-11-12-24-48(46)56(52)36-42/h1-37H. The van der Waals surface area contributed by atoms with Gasteiger partial charge in [-0.05, 0) is 111 Å². The molecule has 5 heteroatoms. The first-order chi connectivity index (χ1) is 32.7. The predicted molar refractivity (Wildman–Crippen MR) is 277 cm³/mol. The quantitative estimate of drug-likeness (QED) is 0.118. The van der Waals surface area contributed by atoms with Gasteiger partial charge in [-0.25, -0.2) is 15.0 Å². The molecule has 0 aliphatic heterocycles. The van der Waals surface area contributed by atoms with Crippen LogP contribution in [-0.4, -0.2) is 22.4 Å². The Balaban J connectivity index is 0.926. The lowest BCUT2D eigenvalue weighted by molar-refractivity contribution is 0.606. The Hall–Kier alpha value is -8.67. The molecular weight excluding hydrogens is 802 g/mol. The van der Waals surface area contributed by atoms with Gasteiger partial charge in [0.2, 0.25) is 0 Å². The summed E-state index contributed by atoms with van der Waals surface area (Å²) in [4.78, 5) is 15.4. The van der Waals surface area contributed by atoms with Gasteiger partial charge in [-0.15, -0.1) is 0 Å². The average molecular weight is 839 g/mol. The molecule has 0 spiro atoms. The number of rotatable bonds is 7. The van der Waals surface area contributed by atoms with E-state index in [2.05, 4.69) is 188 Å². The molecular formula is C61H37BN3O. The molecule has 0 bridgehead atoms. The van der Waals surface area contributed by atoms with E-state index in [9.17, 15) is 0 Å². The summed E-state index contributed by atoms with van der Waals surface area (Å²) in [6.45, 7) is 0. The molecule has 0 saturated heterocycles. The van der Waals surface area contributed by atoms with Gasteiger partial charge in [0.05, 0.1) is 5.75 Å². The van der Waals surface area contributed by atoms with Crippen LogP contribution in [0.15, 0.2) is 224 Å². The van der Waals surface area contributed by atoms with Crippen LogP contribution in [0, 0.1) is 0 Å². The molecule has 0 amide bonds. The van der Waals surface area contributed by atoms with Crippen LogP contribution in [0.2, 0.25) is 0 Å². The first-order valence-corrected chi connectivity index (χ1v) is 22.3. The fourth-order valence-electron chi connectivity index (χ4n) is 10.00. The van der Waals surface area contributed by atoms with Gasteiger partial charge in [0.1, 0.15) is 0 Å². The van der Waals surface area contributed by atoms with Crippen LogP contribution in [0.4, 0.5) is 0 Å². The molecule has 1 radical (unpaired) electrons. The van der Waals surface area contributed by atoms with Crippen molar-refractivity contribution in [2.45, 2.75) is 0 Å². The largest absolute Gasteiger partial charge is 0.558 e. The third kappa shape index (κ3) is 6.35. The average Bonchev–Trinajstić information content (AvgIpc) is 3.40. The van der Waals surface area contributed by atoms with Crippen molar-refractivity contribution < 1.29 is 4.65 Å². The highest BCUT2D eigenvalue weighted by molar-refractivity contribution is 6.48. The third-order valence-corrected chi connectivity index (χ3v) is 13.1. The van der Waals surface area contributed by atoms with E-state index in [1.807, 2.05) is 43.9 Å². The van der Waals surface area contributed by atoms with E-state index < -0.39 is 0 Å². The summed E-state index contributed by atoms with van der Waals surface area (Å²) in [5.41, 5.74) is 6.00. The molecule has 0 atom stereocenters. The minimum Gasteiger partial charge on any atom is -0.558 e. The highest BCUT2D eigenvalue weighted by Gasteiger charge is 2.20. The molecule has 13 aromatic rings. The van der Waals surface area contributed by atoms with Crippen molar-refractivity contribution in [1.82, 2.24) is 15.0 Å². The molecule has 0 aliphatic rings. The number of benzene rings is 12. The highest BCUT2D eigenvalue weighted by atomic mass is 16.4. The smallest absolute Gasteiger partial charge is 0.408 e. The minimum absolute atomic E-state index is 0.627. The molecule has 4 nitrogen and oxygen atoms in total. The minimum atomic E-state index is 0.627. The Morgan fingerprint density at radius 2 is 0.727 bits per heavy atom. The first kappa shape index (κ1) is 37.9. The lowest BCUT2D eigenvalue weighted by atomic mass is 9.84. The van der Waals surface area contributed by atoms with Gasteiger partial charge in [0.15, 0.2) is 17.5 Å². The van der Waals surface area contributed by atoms with Crippen molar-refractivity contribution in [1.29, 1.82) is 0 Å². The van der Waals surface area contributed by atoms with Gasteiger partial charge in [0.25, 0.3) is 0 Å². The van der Waals surface area contributed by atoms with E-state index in [1.54, 1.807) is 0 Å². The van der Waals surface area contributed by atoms with Crippen molar-refractivity contribution in [3.05, 3.63) is 224 Å². The highest BCUT2D eigenvalue weighted by Crippen LogP contribution is 2.43. The molecule has 1 aromatic heterocycles. The molecule has 12 aromatic carbocycles. The normalized spacial score (nSPS) is 11.6. The molecule has 1 heterocycles. The van der Waals surface area contributed by atoms with Gasteiger partial charge >= 0.3 is 7.48 Å². The fourth-order valence-corrected chi connectivity index (χ4v) is 10.00. The van der Waals surface area contributed by atoms with Crippen LogP contribution < -0.4 is 10.1 Å². The number of hydrogen-bond acceptors (Lipinski definition) is 4. The van der Waals surface area contributed by atoms with Gasteiger partial charge in [-0.3, -0.25) is 0 Å². The SMILES string of the molecule is [B](Oc1ccc2c3ccc(-c4c(-c5nc(-c6ccccc6)nc(-c6ccccc6)n5)ccc5ccccc45)cc3c3ccccc3c2c1)c1ccc2c3ccccc3c3ccccc3c2c1. The Labute approximate surface area is 381 Å². The molecule has 0 N–H and O–H groups in total. The first-order valence-electron chi connectivity index (χ1n) is 22.3. The molecule has 0 saturated carbocycles. The zero-order valence-electron chi connectivity index (χ0n) is 35.7. The number of aromatic nitrogens is 3. The van der Waals surface area contributed by atoms with Crippen LogP contribution >= 0.6 is 0 Å². The van der Waals surface area contributed by atoms with Crippen molar-refractivity contribution >= 4 is 88.4 Å². The van der Waals surface area contributed by atoms with Gasteiger partial charge < -0.3 is 4.65 Å². The second-order valence-electron chi connectivity index (χ2n) is 16.9. The van der Waals surface area contributed by atoms with Crippen molar-refractivity contribution in [2.75, 3.05) is 0 Å². The second kappa shape index (κ2) is 15.5. The van der Waals surface area contributed by atoms with Crippen LogP contribution in [0.5, 0.6) is 5.75 Å². The van der Waals surface area contributed by atoms with E-state index in [-0.39, 0.29) is 0 Å². The summed E-state index contributed by atoms with van der Waals surface area (Å²) in [7, 11) is 1.87. The Bertz CT molecular complexity index is 3950. The van der Waals surface area contributed by atoms with Crippen molar-refractivity contribution in [2.24, 2.45) is 0 Å². The fraction of sp³-hybridized carbons (Fsp3) is 0. The van der Waals surface area contributed by atoms with E-state index in [1.165, 1.54) is 59.2 Å². The number of nitrogens with zero attached hydrogens (tertiary/aromatic N) is 3. The zero-order valence-corrected chi connectivity index (χ0v) is 35.7. The van der Waals surface area contributed by atoms with Crippen molar-refractivity contribution in [3.8, 4) is 51.0 Å². The molecule has 0 unspecified atom stereocenters. The molecule has 66 heavy (non-hydrogen) atoms.